The average molecular weight is 415 g/mol. The maximum atomic E-state index is 12.9. The molecule has 1 aliphatic carbocycles. The summed E-state index contributed by atoms with van der Waals surface area (Å²) < 4.78 is 0. The summed E-state index contributed by atoms with van der Waals surface area (Å²) in [5.41, 5.74) is 0.435. The number of rotatable bonds is 7. The van der Waals surface area contributed by atoms with E-state index in [-0.39, 0.29) is 24.9 Å². The molecule has 1 aliphatic heterocycles. The van der Waals surface area contributed by atoms with Gasteiger partial charge >= 0.3 is 6.03 Å². The van der Waals surface area contributed by atoms with E-state index in [1.165, 1.54) is 0 Å². The Labute approximate surface area is 176 Å². The van der Waals surface area contributed by atoms with Crippen molar-refractivity contribution in [2.45, 2.75) is 58.0 Å². The maximum absolute atomic E-state index is 12.9. The molecule has 8 nitrogen and oxygen atoms in total. The molecule has 1 aromatic rings. The van der Waals surface area contributed by atoms with E-state index in [1.807, 2.05) is 6.92 Å². The molecule has 30 heavy (non-hydrogen) atoms. The van der Waals surface area contributed by atoms with Crippen LogP contribution < -0.4 is 16.0 Å². The van der Waals surface area contributed by atoms with Gasteiger partial charge in [0.2, 0.25) is 5.91 Å². The summed E-state index contributed by atoms with van der Waals surface area (Å²) in [7, 11) is 0. The lowest BCUT2D eigenvalue weighted by molar-refractivity contribution is -0.136. The van der Waals surface area contributed by atoms with Gasteiger partial charge in [-0.2, -0.15) is 0 Å². The second kappa shape index (κ2) is 9.28. The molecule has 0 aromatic heterocycles. The van der Waals surface area contributed by atoms with E-state index in [1.54, 1.807) is 24.3 Å². The number of imide groups is 1. The zero-order chi connectivity index (χ0) is 21.7. The smallest absolute Gasteiger partial charge is 0.325 e. The van der Waals surface area contributed by atoms with Crippen molar-refractivity contribution in [3.05, 3.63) is 35.4 Å². The number of hydrogen-bond acceptors (Lipinski definition) is 4. The van der Waals surface area contributed by atoms with Gasteiger partial charge in [0.15, 0.2) is 0 Å². The zero-order valence-electron chi connectivity index (χ0n) is 17.6. The first-order valence-electron chi connectivity index (χ1n) is 10.7. The predicted molar refractivity (Wildman–Crippen MR) is 112 cm³/mol. The molecule has 1 aromatic carbocycles. The van der Waals surface area contributed by atoms with Crippen molar-refractivity contribution in [1.82, 2.24) is 20.9 Å². The van der Waals surface area contributed by atoms with Gasteiger partial charge in [-0.15, -0.1) is 0 Å². The van der Waals surface area contributed by atoms with Crippen molar-refractivity contribution in [3.8, 4) is 0 Å². The van der Waals surface area contributed by atoms with E-state index in [0.29, 0.717) is 30.9 Å². The molecule has 0 unspecified atom stereocenters. The number of nitrogens with zero attached hydrogens (tertiary/aromatic N) is 1. The minimum Gasteiger partial charge on any atom is -0.352 e. The number of amides is 5. The fraction of sp³-hybridized carbons (Fsp3) is 0.545. The van der Waals surface area contributed by atoms with Crippen molar-refractivity contribution < 1.29 is 19.2 Å². The monoisotopic (exact) mass is 414 g/mol. The molecule has 3 rings (SSSR count). The van der Waals surface area contributed by atoms with Crippen LogP contribution in [-0.2, 0) is 16.1 Å². The SMILES string of the molecule is CCNC(=O)c1cccc(CNC(=O)CN2C(=O)NC3(CCC(CC)CC3)C2=O)c1. The second-order valence-electron chi connectivity index (χ2n) is 8.09. The summed E-state index contributed by atoms with van der Waals surface area (Å²) in [4.78, 5) is 50.6. The lowest BCUT2D eigenvalue weighted by atomic mass is 9.75. The Morgan fingerprint density at radius 2 is 1.90 bits per heavy atom. The van der Waals surface area contributed by atoms with Gasteiger partial charge in [0.05, 0.1) is 0 Å². The Balaban J connectivity index is 1.55. The first kappa shape index (κ1) is 21.8. The van der Waals surface area contributed by atoms with Gasteiger partial charge < -0.3 is 16.0 Å². The molecule has 162 valence electrons. The third-order valence-electron chi connectivity index (χ3n) is 6.10. The Bertz CT molecular complexity index is 830. The molecular weight excluding hydrogens is 384 g/mol. The van der Waals surface area contributed by atoms with Crippen molar-refractivity contribution >= 4 is 23.8 Å². The molecule has 2 aliphatic rings. The molecule has 1 heterocycles. The molecule has 0 atom stereocenters. The summed E-state index contributed by atoms with van der Waals surface area (Å²) in [5, 5.41) is 8.30. The lowest BCUT2D eigenvalue weighted by Crippen LogP contribution is -2.50. The van der Waals surface area contributed by atoms with Gasteiger partial charge in [-0.1, -0.05) is 25.5 Å². The molecule has 3 N–H and O–H groups in total. The highest BCUT2D eigenvalue weighted by molar-refractivity contribution is 6.09. The largest absolute Gasteiger partial charge is 0.352 e. The fourth-order valence-electron chi connectivity index (χ4n) is 4.22. The molecule has 5 amide bonds. The Hall–Kier alpha value is -2.90. The molecular formula is C22H30N4O4. The number of urea groups is 1. The highest BCUT2D eigenvalue weighted by Gasteiger charge is 2.52. The number of hydrogen-bond donors (Lipinski definition) is 3. The predicted octanol–water partition coefficient (Wildman–Crippen LogP) is 1.94. The van der Waals surface area contributed by atoms with E-state index < -0.39 is 17.5 Å². The molecule has 0 radical (unpaired) electrons. The average Bonchev–Trinajstić information content (AvgIpc) is 2.97. The van der Waals surface area contributed by atoms with Crippen LogP contribution in [0.4, 0.5) is 4.79 Å². The molecule has 8 heteroatoms. The van der Waals surface area contributed by atoms with Crippen molar-refractivity contribution in [2.75, 3.05) is 13.1 Å². The van der Waals surface area contributed by atoms with Crippen LogP contribution in [0.5, 0.6) is 0 Å². The van der Waals surface area contributed by atoms with E-state index in [4.69, 9.17) is 0 Å². The molecule has 1 saturated heterocycles. The van der Waals surface area contributed by atoms with Gasteiger partial charge in [-0.3, -0.25) is 19.3 Å². The summed E-state index contributed by atoms with van der Waals surface area (Å²) in [6, 6.07) is 6.47. The highest BCUT2D eigenvalue weighted by atomic mass is 16.2. The van der Waals surface area contributed by atoms with Crippen LogP contribution in [0.1, 0.15) is 61.9 Å². The van der Waals surface area contributed by atoms with Gasteiger partial charge in [-0.05, 0) is 56.2 Å². The van der Waals surface area contributed by atoms with Gasteiger partial charge in [0, 0.05) is 18.7 Å². The minimum absolute atomic E-state index is 0.173. The van der Waals surface area contributed by atoms with Crippen LogP contribution in [0, 0.1) is 5.92 Å². The molecule has 1 saturated carbocycles. The Kier molecular flexibility index (Phi) is 6.74. The fourth-order valence-corrected chi connectivity index (χ4v) is 4.22. The van der Waals surface area contributed by atoms with Crippen molar-refractivity contribution in [1.29, 1.82) is 0 Å². The van der Waals surface area contributed by atoms with E-state index >= 15 is 0 Å². The van der Waals surface area contributed by atoms with E-state index in [9.17, 15) is 19.2 Å². The first-order chi connectivity index (χ1) is 14.4. The van der Waals surface area contributed by atoms with Gasteiger partial charge in [-0.25, -0.2) is 4.79 Å². The summed E-state index contributed by atoms with van der Waals surface area (Å²) in [6.45, 7) is 4.42. The Morgan fingerprint density at radius 3 is 2.57 bits per heavy atom. The Morgan fingerprint density at radius 1 is 1.17 bits per heavy atom. The van der Waals surface area contributed by atoms with E-state index in [0.717, 1.165) is 29.7 Å². The standard InChI is InChI=1S/C22H30N4O4/c1-3-15-8-10-22(11-9-15)20(29)26(21(30)25-22)14-18(27)24-13-16-6-5-7-17(12-16)19(28)23-4-2/h5-7,12,15H,3-4,8-11,13-14H2,1-2H3,(H,23,28)(H,24,27)(H,25,30). The normalized spacial score (nSPS) is 23.4. The van der Waals surface area contributed by atoms with Crippen molar-refractivity contribution in [2.24, 2.45) is 5.92 Å². The first-order valence-corrected chi connectivity index (χ1v) is 10.7. The third kappa shape index (κ3) is 4.63. The van der Waals surface area contributed by atoms with Crippen LogP contribution in [0.2, 0.25) is 0 Å². The summed E-state index contributed by atoms with van der Waals surface area (Å²) >= 11 is 0. The summed E-state index contributed by atoms with van der Waals surface area (Å²) in [6.07, 6.45) is 4.14. The zero-order valence-corrected chi connectivity index (χ0v) is 17.6. The number of carbonyl (C=O) groups is 4. The topological polar surface area (TPSA) is 108 Å². The number of carbonyl (C=O) groups excluding carboxylic acids is 4. The van der Waals surface area contributed by atoms with Crippen LogP contribution >= 0.6 is 0 Å². The van der Waals surface area contributed by atoms with Gasteiger partial charge in [0.1, 0.15) is 12.1 Å². The summed E-state index contributed by atoms with van der Waals surface area (Å²) in [5.74, 6) is -0.294. The van der Waals surface area contributed by atoms with Crippen LogP contribution in [0.3, 0.4) is 0 Å². The molecule has 0 bridgehead atoms. The quantitative estimate of drug-likeness (QED) is 0.593. The maximum Gasteiger partial charge on any atom is 0.325 e. The third-order valence-corrected chi connectivity index (χ3v) is 6.10. The van der Waals surface area contributed by atoms with Crippen LogP contribution in [0.25, 0.3) is 0 Å². The van der Waals surface area contributed by atoms with E-state index in [2.05, 4.69) is 22.9 Å². The van der Waals surface area contributed by atoms with Crippen LogP contribution in [0.15, 0.2) is 24.3 Å². The molecule has 1 spiro atoms. The molecule has 2 fully saturated rings. The lowest BCUT2D eigenvalue weighted by Gasteiger charge is -2.34. The number of nitrogens with one attached hydrogen (secondary N) is 3. The van der Waals surface area contributed by atoms with Crippen molar-refractivity contribution in [3.63, 3.8) is 0 Å². The van der Waals surface area contributed by atoms with Gasteiger partial charge in [0.25, 0.3) is 11.8 Å². The van der Waals surface area contributed by atoms with Crippen LogP contribution in [-0.4, -0.2) is 47.3 Å². The number of benzene rings is 1. The second-order valence-corrected chi connectivity index (χ2v) is 8.09. The minimum atomic E-state index is -0.843. The highest BCUT2D eigenvalue weighted by Crippen LogP contribution is 2.37.